The second-order valence-corrected chi connectivity index (χ2v) is 32.6. The first-order chi connectivity index (χ1) is 45.6. The zero-order valence-corrected chi connectivity index (χ0v) is 57.7. The van der Waals surface area contributed by atoms with Crippen molar-refractivity contribution in [1.29, 1.82) is 0 Å². The molecule has 12 nitrogen and oxygen atoms in total. The first-order valence-electron chi connectivity index (χ1n) is 32.9. The number of ether oxygens (including phenoxy) is 3. The number of benzene rings is 9. The monoisotopic (exact) mass is 1320 g/mol. The summed E-state index contributed by atoms with van der Waals surface area (Å²) in [5.41, 5.74) is 5.08. The topological polar surface area (TPSA) is 166 Å². The molecule has 94 heavy (non-hydrogen) atoms. The van der Waals surface area contributed by atoms with Crippen LogP contribution in [0.15, 0.2) is 218 Å². The standard InChI is InChI=1S/C79H88N3O9P3/c1-7-10-31-46-89-77-58(4)49-61(80-73(83)55-92(86,64-34-19-13-20-35-64)65-36-21-14-22-37-65)52-70(77)76(71-53-62(50-59(5)78(71)90-47-32-11-8-2)81-74(84)56-93(87,66-38-23-15-24-39-66)67-40-25-16-26-41-67)72-54-63(51-60(6)79(72)91-48-33-12-9-3)82-75(85)57-94(88,68-42-27-17-28-43-68)69-44-29-18-30-45-69/h13-30,34-45,49-54,76H,7-12,31-33,46-48,55-57H2,1-6H3,(H,80,83)(H,81,84)(H,82,85). The third-order valence-corrected chi connectivity index (χ3v) is 25.8. The van der Waals surface area contributed by atoms with Gasteiger partial charge in [-0.15, -0.1) is 0 Å². The number of hydrogen-bond acceptors (Lipinski definition) is 9. The molecule has 3 N–H and O–H groups in total. The van der Waals surface area contributed by atoms with Gasteiger partial charge >= 0.3 is 0 Å². The molecule has 9 aromatic rings. The highest BCUT2D eigenvalue weighted by molar-refractivity contribution is 7.80. The number of rotatable bonds is 33. The fourth-order valence-corrected chi connectivity index (χ4v) is 19.5. The fraction of sp³-hybridized carbons (Fsp3) is 0.278. The molecular formula is C79H88N3O9P3. The number of carbonyl (C=O) groups is 3. The van der Waals surface area contributed by atoms with Crippen molar-refractivity contribution >= 4 is 88.0 Å². The number of carbonyl (C=O) groups excluding carboxylic acids is 3. The molecule has 0 aliphatic carbocycles. The van der Waals surface area contributed by atoms with Crippen molar-refractivity contribution in [2.75, 3.05) is 54.3 Å². The Hall–Kier alpha value is -8.52. The van der Waals surface area contributed by atoms with Gasteiger partial charge in [-0.25, -0.2) is 0 Å². The van der Waals surface area contributed by atoms with Gasteiger partial charge in [-0.3, -0.25) is 14.4 Å². The van der Waals surface area contributed by atoms with Gasteiger partial charge in [-0.1, -0.05) is 241 Å². The highest BCUT2D eigenvalue weighted by atomic mass is 31.2. The lowest BCUT2D eigenvalue weighted by Crippen LogP contribution is -2.26. The maximum absolute atomic E-state index is 15.5. The van der Waals surface area contributed by atoms with Crippen LogP contribution in [-0.4, -0.2) is 56.0 Å². The van der Waals surface area contributed by atoms with Crippen molar-refractivity contribution in [1.82, 2.24) is 0 Å². The normalized spacial score (nSPS) is 11.6. The Bertz CT molecular complexity index is 3580. The van der Waals surface area contributed by atoms with Gasteiger partial charge in [-0.2, -0.15) is 0 Å². The molecule has 0 atom stereocenters. The molecule has 0 aliphatic heterocycles. The van der Waals surface area contributed by atoms with E-state index in [-0.39, 0.29) is 18.5 Å². The van der Waals surface area contributed by atoms with Crippen LogP contribution in [0, 0.1) is 20.8 Å². The van der Waals surface area contributed by atoms with Crippen LogP contribution in [0.1, 0.15) is 118 Å². The number of aryl methyl sites for hydroxylation is 3. The molecule has 488 valence electrons. The highest BCUT2D eigenvalue weighted by Crippen LogP contribution is 2.51. The molecule has 0 saturated heterocycles. The lowest BCUT2D eigenvalue weighted by Gasteiger charge is -2.30. The maximum Gasteiger partial charge on any atom is 0.232 e. The molecule has 9 rings (SSSR count). The minimum Gasteiger partial charge on any atom is -0.493 e. The minimum absolute atomic E-state index is 0.329. The Morgan fingerprint density at radius 1 is 0.330 bits per heavy atom. The van der Waals surface area contributed by atoms with Crippen LogP contribution in [-0.2, 0) is 28.1 Å². The largest absolute Gasteiger partial charge is 0.493 e. The van der Waals surface area contributed by atoms with Crippen LogP contribution < -0.4 is 62.0 Å². The number of amides is 3. The molecule has 0 aromatic heterocycles. The summed E-state index contributed by atoms with van der Waals surface area (Å²) in [4.78, 5) is 44.9. The molecular weight excluding hydrogens is 1230 g/mol. The van der Waals surface area contributed by atoms with Crippen LogP contribution in [0.4, 0.5) is 17.1 Å². The van der Waals surface area contributed by atoms with E-state index in [1.807, 2.05) is 166 Å². The number of anilines is 3. The summed E-state index contributed by atoms with van der Waals surface area (Å²) < 4.78 is 67.7. The zero-order chi connectivity index (χ0) is 66.5. The minimum atomic E-state index is -3.55. The molecule has 0 unspecified atom stereocenters. The van der Waals surface area contributed by atoms with Gasteiger partial charge in [0.05, 0.1) is 38.3 Å². The van der Waals surface area contributed by atoms with E-state index in [2.05, 4.69) is 36.7 Å². The molecule has 0 radical (unpaired) electrons. The predicted molar refractivity (Wildman–Crippen MR) is 389 cm³/mol. The second kappa shape index (κ2) is 33.5. The van der Waals surface area contributed by atoms with Gasteiger partial charge in [-0.05, 0) is 93.1 Å². The van der Waals surface area contributed by atoms with Gasteiger partial charge in [0.15, 0.2) is 21.4 Å². The summed E-state index contributed by atoms with van der Waals surface area (Å²) in [6.45, 7) is 13.3. The van der Waals surface area contributed by atoms with E-state index >= 15 is 13.7 Å². The van der Waals surface area contributed by atoms with Crippen molar-refractivity contribution in [3.05, 3.63) is 252 Å². The first-order valence-corrected chi connectivity index (χ1v) is 38.6. The van der Waals surface area contributed by atoms with E-state index < -0.39 is 45.1 Å². The smallest absolute Gasteiger partial charge is 0.232 e. The second-order valence-electron chi connectivity index (χ2n) is 24.1. The Balaban J connectivity index is 1.27. The number of hydrogen-bond donors (Lipinski definition) is 3. The van der Waals surface area contributed by atoms with Crippen molar-refractivity contribution in [2.45, 2.75) is 105 Å². The van der Waals surface area contributed by atoms with Crippen molar-refractivity contribution in [2.24, 2.45) is 0 Å². The molecule has 0 spiro atoms. The molecule has 3 amide bonds. The maximum atomic E-state index is 15.5. The predicted octanol–water partition coefficient (Wildman–Crippen LogP) is 16.4. The van der Waals surface area contributed by atoms with Crippen molar-refractivity contribution in [3.63, 3.8) is 0 Å². The van der Waals surface area contributed by atoms with E-state index in [1.54, 1.807) is 72.8 Å². The third kappa shape index (κ3) is 17.4. The van der Waals surface area contributed by atoms with E-state index in [0.717, 1.165) is 57.8 Å². The van der Waals surface area contributed by atoms with E-state index in [9.17, 15) is 14.4 Å². The van der Waals surface area contributed by atoms with Crippen molar-refractivity contribution < 1.29 is 42.3 Å². The number of nitrogens with one attached hydrogen (secondary N) is 3. The van der Waals surface area contributed by atoms with Crippen molar-refractivity contribution in [3.8, 4) is 17.2 Å². The van der Waals surface area contributed by atoms with E-state index in [1.165, 1.54) is 0 Å². The van der Waals surface area contributed by atoms with Crippen LogP contribution in [0.25, 0.3) is 0 Å². The van der Waals surface area contributed by atoms with Crippen LogP contribution in [0.3, 0.4) is 0 Å². The quantitative estimate of drug-likeness (QED) is 0.0206. The van der Waals surface area contributed by atoms with Gasteiger partial charge in [0, 0.05) is 71.5 Å². The fourth-order valence-electron chi connectivity index (χ4n) is 12.2. The Labute approximate surface area is 555 Å². The summed E-state index contributed by atoms with van der Waals surface area (Å²) in [6.07, 6.45) is 6.82. The zero-order valence-electron chi connectivity index (χ0n) is 55.0. The van der Waals surface area contributed by atoms with Gasteiger partial charge in [0.1, 0.15) is 17.2 Å². The van der Waals surface area contributed by atoms with Crippen LogP contribution in [0.5, 0.6) is 17.2 Å². The lowest BCUT2D eigenvalue weighted by molar-refractivity contribution is -0.114. The highest BCUT2D eigenvalue weighted by Gasteiger charge is 2.36. The Morgan fingerprint density at radius 3 is 0.745 bits per heavy atom. The molecule has 0 fully saturated rings. The summed E-state index contributed by atoms with van der Waals surface area (Å²) in [5, 5.41) is 12.9. The SMILES string of the molecule is CCCCCOc1c(C)cc(NC(=O)CP(=O)(c2ccccc2)c2ccccc2)cc1C(c1cc(NC(=O)CP(=O)(c2ccccc2)c2ccccc2)cc(C)c1OCCCCC)c1cc(NC(=O)CP(=O)(c2ccccc2)c2ccccc2)cc(C)c1OCCCCC. The molecule has 0 aliphatic rings. The van der Waals surface area contributed by atoms with Crippen LogP contribution in [0.2, 0.25) is 0 Å². The average Bonchev–Trinajstić information content (AvgIpc) is 0.758. The summed E-state index contributed by atoms with van der Waals surface area (Å²) in [6, 6.07) is 66.0. The first kappa shape index (κ1) is 69.8. The van der Waals surface area contributed by atoms with E-state index in [4.69, 9.17) is 14.2 Å². The average molecular weight is 1320 g/mol. The number of unbranched alkanes of at least 4 members (excludes halogenated alkanes) is 6. The molecule has 9 aromatic carbocycles. The Morgan fingerprint density at radius 2 is 0.543 bits per heavy atom. The van der Waals surface area contributed by atoms with Gasteiger partial charge < -0.3 is 43.9 Å². The summed E-state index contributed by atoms with van der Waals surface area (Å²) in [7, 11) is -10.6. The third-order valence-electron chi connectivity index (χ3n) is 16.8. The van der Waals surface area contributed by atoms with Gasteiger partial charge in [0.2, 0.25) is 17.7 Å². The van der Waals surface area contributed by atoms with E-state index in [0.29, 0.717) is 119 Å². The molecule has 0 bridgehead atoms. The lowest BCUT2D eigenvalue weighted by atomic mass is 9.80. The summed E-state index contributed by atoms with van der Waals surface area (Å²) in [5.74, 6) is -0.741. The Kier molecular flexibility index (Phi) is 24.9. The van der Waals surface area contributed by atoms with Gasteiger partial charge in [0.25, 0.3) is 0 Å². The molecule has 0 heterocycles. The molecule has 0 saturated carbocycles. The summed E-state index contributed by atoms with van der Waals surface area (Å²) >= 11 is 0. The molecule has 15 heteroatoms. The van der Waals surface area contributed by atoms with Crippen LogP contribution >= 0.6 is 21.4 Å².